The van der Waals surface area contributed by atoms with Crippen LogP contribution in [0.1, 0.15) is 5.56 Å². The minimum Gasteiger partial charge on any atom is -0.506 e. The maximum atomic E-state index is 11.2. The molecule has 1 heterocycles. The summed E-state index contributed by atoms with van der Waals surface area (Å²) in [6, 6.07) is 3.06. The second-order valence-electron chi connectivity index (χ2n) is 2.63. The normalized spacial score (nSPS) is 11.5. The van der Waals surface area contributed by atoms with Crippen molar-refractivity contribution in [2.24, 2.45) is 0 Å². The number of nitrogens with one attached hydrogen (secondary N) is 1. The Bertz CT molecular complexity index is 398. The molecule has 0 saturated heterocycles. The third kappa shape index (κ3) is 2.40. The Morgan fingerprint density at radius 2 is 2.13 bits per heavy atom. The number of aliphatic hydroxyl groups is 1. The van der Waals surface area contributed by atoms with E-state index in [9.17, 15) is 9.90 Å². The highest BCUT2D eigenvalue weighted by atomic mass is 16.5. The van der Waals surface area contributed by atoms with E-state index in [1.165, 1.54) is 31.6 Å². The molecule has 5 nitrogen and oxygen atoms in total. The number of aromatic nitrogens is 1. The molecule has 1 rings (SSSR count). The molecule has 1 aromatic rings. The molecule has 0 spiro atoms. The van der Waals surface area contributed by atoms with Gasteiger partial charge in [-0.2, -0.15) is 0 Å². The highest BCUT2D eigenvalue weighted by molar-refractivity contribution is 6.14. The van der Waals surface area contributed by atoms with Gasteiger partial charge < -0.3 is 15.3 Å². The summed E-state index contributed by atoms with van der Waals surface area (Å²) in [5.41, 5.74) is 0.220. The van der Waals surface area contributed by atoms with Crippen molar-refractivity contribution in [1.82, 2.24) is 4.98 Å². The highest BCUT2D eigenvalue weighted by Gasteiger charge is 2.14. The Morgan fingerprint density at radius 1 is 1.53 bits per heavy atom. The lowest BCUT2D eigenvalue weighted by molar-refractivity contribution is -0.135. The predicted octanol–water partition coefficient (Wildman–Crippen LogP) is 1.17. The molecule has 0 amide bonds. The van der Waals surface area contributed by atoms with Crippen molar-refractivity contribution >= 4 is 17.9 Å². The molecule has 0 aromatic carbocycles. The average Bonchev–Trinajstić information content (AvgIpc) is 2.30. The van der Waals surface area contributed by atoms with Crippen LogP contribution in [0.4, 0.5) is 0 Å². The van der Waals surface area contributed by atoms with Crippen LogP contribution in [0.3, 0.4) is 0 Å². The highest BCUT2D eigenvalue weighted by Crippen LogP contribution is 2.14. The lowest BCUT2D eigenvalue weighted by Crippen LogP contribution is -2.08. The summed E-state index contributed by atoms with van der Waals surface area (Å²) < 4.78 is 4.42. The van der Waals surface area contributed by atoms with E-state index >= 15 is 0 Å². The number of esters is 1. The zero-order valence-electron chi connectivity index (χ0n) is 8.10. The number of pyridine rings is 1. The van der Waals surface area contributed by atoms with E-state index in [0.717, 1.165) is 6.21 Å². The van der Waals surface area contributed by atoms with E-state index < -0.39 is 5.97 Å². The van der Waals surface area contributed by atoms with Crippen molar-refractivity contribution in [1.29, 1.82) is 5.41 Å². The summed E-state index contributed by atoms with van der Waals surface area (Å²) in [4.78, 5) is 14.9. The number of ether oxygens (including phenoxy) is 1. The summed E-state index contributed by atoms with van der Waals surface area (Å²) >= 11 is 0. The van der Waals surface area contributed by atoms with Gasteiger partial charge in [0.15, 0.2) is 0 Å². The van der Waals surface area contributed by atoms with Crippen LogP contribution in [0.15, 0.2) is 30.1 Å². The Kier molecular flexibility index (Phi) is 3.56. The molecular weight excluding hydrogens is 196 g/mol. The first-order valence-corrected chi connectivity index (χ1v) is 4.13. The smallest absolute Gasteiger partial charge is 0.343 e. The zero-order chi connectivity index (χ0) is 11.3. The first-order valence-electron chi connectivity index (χ1n) is 4.13. The van der Waals surface area contributed by atoms with E-state index in [2.05, 4.69) is 9.72 Å². The lowest BCUT2D eigenvalue weighted by Gasteiger charge is -2.04. The van der Waals surface area contributed by atoms with Gasteiger partial charge in [0.2, 0.25) is 0 Å². The van der Waals surface area contributed by atoms with Gasteiger partial charge >= 0.3 is 5.97 Å². The van der Waals surface area contributed by atoms with Crippen molar-refractivity contribution in [2.75, 3.05) is 7.11 Å². The SMILES string of the molecule is COC(=O)C(C=N)=C(O)c1ccncc1. The minimum atomic E-state index is -0.751. The number of methoxy groups -OCH3 is 1. The Hall–Kier alpha value is -2.17. The monoisotopic (exact) mass is 206 g/mol. The van der Waals surface area contributed by atoms with Gasteiger partial charge in [-0.15, -0.1) is 0 Å². The van der Waals surface area contributed by atoms with Crippen molar-refractivity contribution in [3.8, 4) is 0 Å². The first kappa shape index (κ1) is 10.9. The molecule has 0 aliphatic rings. The molecule has 15 heavy (non-hydrogen) atoms. The van der Waals surface area contributed by atoms with Crippen LogP contribution in [-0.4, -0.2) is 29.4 Å². The van der Waals surface area contributed by atoms with Crippen LogP contribution < -0.4 is 0 Å². The van der Waals surface area contributed by atoms with Gasteiger partial charge in [0.25, 0.3) is 0 Å². The van der Waals surface area contributed by atoms with E-state index in [0.29, 0.717) is 5.56 Å². The number of aliphatic hydroxyl groups excluding tert-OH is 1. The number of carbonyl (C=O) groups is 1. The van der Waals surface area contributed by atoms with Gasteiger partial charge in [-0.3, -0.25) is 4.98 Å². The number of nitrogens with zero attached hydrogens (tertiary/aromatic N) is 1. The molecule has 0 aliphatic heterocycles. The van der Waals surface area contributed by atoms with Crippen LogP contribution >= 0.6 is 0 Å². The Labute approximate surface area is 86.5 Å². The number of carbonyl (C=O) groups excluding carboxylic acids is 1. The van der Waals surface area contributed by atoms with Gasteiger partial charge in [0, 0.05) is 24.2 Å². The van der Waals surface area contributed by atoms with E-state index in [-0.39, 0.29) is 11.3 Å². The molecule has 78 valence electrons. The van der Waals surface area contributed by atoms with Gasteiger partial charge in [0.05, 0.1) is 7.11 Å². The molecule has 0 atom stereocenters. The van der Waals surface area contributed by atoms with Crippen molar-refractivity contribution in [3.05, 3.63) is 35.7 Å². The van der Waals surface area contributed by atoms with Crippen LogP contribution in [-0.2, 0) is 9.53 Å². The fraction of sp³-hybridized carbons (Fsp3) is 0.100. The average molecular weight is 206 g/mol. The summed E-state index contributed by atoms with van der Waals surface area (Å²) in [5.74, 6) is -1.04. The quantitative estimate of drug-likeness (QED) is 0.336. The maximum absolute atomic E-state index is 11.2. The van der Waals surface area contributed by atoms with Gasteiger partial charge in [-0.25, -0.2) is 4.79 Å². The van der Waals surface area contributed by atoms with Gasteiger partial charge in [-0.05, 0) is 12.1 Å². The molecule has 5 heteroatoms. The second-order valence-corrected chi connectivity index (χ2v) is 2.63. The van der Waals surface area contributed by atoms with Gasteiger partial charge in [-0.1, -0.05) is 0 Å². The molecular formula is C10H10N2O3. The van der Waals surface area contributed by atoms with Crippen LogP contribution in [0.25, 0.3) is 5.76 Å². The zero-order valence-corrected chi connectivity index (χ0v) is 8.10. The minimum absolute atomic E-state index is 0.191. The third-order valence-corrected chi connectivity index (χ3v) is 1.76. The second kappa shape index (κ2) is 4.90. The molecule has 0 aliphatic carbocycles. The van der Waals surface area contributed by atoms with Gasteiger partial charge in [0.1, 0.15) is 11.3 Å². The fourth-order valence-corrected chi connectivity index (χ4v) is 0.999. The van der Waals surface area contributed by atoms with Crippen LogP contribution in [0, 0.1) is 5.41 Å². The molecule has 0 saturated carbocycles. The fourth-order valence-electron chi connectivity index (χ4n) is 0.999. The van der Waals surface area contributed by atoms with Crippen molar-refractivity contribution in [2.45, 2.75) is 0 Å². The molecule has 2 N–H and O–H groups in total. The molecule has 0 unspecified atom stereocenters. The van der Waals surface area contributed by atoms with E-state index in [4.69, 9.17) is 5.41 Å². The summed E-state index contributed by atoms with van der Waals surface area (Å²) in [5, 5.41) is 16.7. The summed E-state index contributed by atoms with van der Waals surface area (Å²) in [6.45, 7) is 0. The Balaban J connectivity index is 3.18. The topological polar surface area (TPSA) is 83.3 Å². The number of hydrogen-bond acceptors (Lipinski definition) is 5. The Morgan fingerprint density at radius 3 is 2.60 bits per heavy atom. The van der Waals surface area contributed by atoms with Crippen molar-refractivity contribution < 1.29 is 14.6 Å². The molecule has 0 bridgehead atoms. The van der Waals surface area contributed by atoms with Crippen LogP contribution in [0.5, 0.6) is 0 Å². The van der Waals surface area contributed by atoms with E-state index in [1.807, 2.05) is 0 Å². The summed E-state index contributed by atoms with van der Waals surface area (Å²) in [6.07, 6.45) is 3.70. The first-order chi connectivity index (χ1) is 7.20. The van der Waals surface area contributed by atoms with E-state index in [1.54, 1.807) is 0 Å². The van der Waals surface area contributed by atoms with Crippen LogP contribution in [0.2, 0.25) is 0 Å². The largest absolute Gasteiger partial charge is 0.506 e. The molecule has 1 aromatic heterocycles. The molecule has 0 fully saturated rings. The maximum Gasteiger partial charge on any atom is 0.343 e. The standard InChI is InChI=1S/C10H10N2O3/c1-15-10(14)8(6-11)9(13)7-2-4-12-5-3-7/h2-6,11,13H,1H3. The lowest BCUT2D eigenvalue weighted by atomic mass is 10.1. The number of hydrogen-bond donors (Lipinski definition) is 2. The number of rotatable bonds is 3. The predicted molar refractivity (Wildman–Crippen MR) is 54.6 cm³/mol. The molecule has 0 radical (unpaired) electrons. The third-order valence-electron chi connectivity index (χ3n) is 1.76. The van der Waals surface area contributed by atoms with Crippen molar-refractivity contribution in [3.63, 3.8) is 0 Å². The summed E-state index contributed by atoms with van der Waals surface area (Å²) in [7, 11) is 1.19.